The van der Waals surface area contributed by atoms with E-state index < -0.39 is 0 Å². The smallest absolute Gasteiger partial charge is 0.262 e. The van der Waals surface area contributed by atoms with Gasteiger partial charge in [-0.2, -0.15) is 5.10 Å². The first-order valence-corrected chi connectivity index (χ1v) is 9.79. The molecule has 0 radical (unpaired) electrons. The van der Waals surface area contributed by atoms with Gasteiger partial charge in [0, 0.05) is 16.7 Å². The Balaban J connectivity index is 2.08. The highest BCUT2D eigenvalue weighted by atomic mass is 32.1. The summed E-state index contributed by atoms with van der Waals surface area (Å²) in [6.45, 7) is 10.7. The molecule has 2 heterocycles. The monoisotopic (exact) mass is 384 g/mol. The molecule has 2 aromatic rings. The van der Waals surface area contributed by atoms with Gasteiger partial charge in [-0.3, -0.25) is 9.79 Å². The van der Waals surface area contributed by atoms with Crippen molar-refractivity contribution in [2.24, 2.45) is 16.0 Å². The third-order valence-corrected chi connectivity index (χ3v) is 4.78. The summed E-state index contributed by atoms with van der Waals surface area (Å²) in [6, 6.07) is 5.76. The molecule has 3 rings (SSSR count). The first-order chi connectivity index (χ1) is 13.0. The Bertz CT molecular complexity index is 953. The number of rotatable bonds is 6. The first-order valence-electron chi connectivity index (χ1n) is 8.91. The number of aromatic nitrogens is 1. The number of carbonyl (C=O) groups is 1. The normalized spacial score (nSPS) is 14.7. The van der Waals surface area contributed by atoms with Crippen molar-refractivity contribution < 1.29 is 9.53 Å². The number of amides is 1. The summed E-state index contributed by atoms with van der Waals surface area (Å²) in [4.78, 5) is 17.0. The molecule has 0 bridgehead atoms. The number of nitrogens with one attached hydrogen (secondary N) is 1. The van der Waals surface area contributed by atoms with E-state index >= 15 is 0 Å². The minimum Gasteiger partial charge on any atom is -0.482 e. The van der Waals surface area contributed by atoms with E-state index in [-0.39, 0.29) is 12.5 Å². The summed E-state index contributed by atoms with van der Waals surface area (Å²) in [5, 5.41) is 9.70. The Hall–Kier alpha value is -2.67. The Morgan fingerprint density at radius 1 is 1.48 bits per heavy atom. The van der Waals surface area contributed by atoms with Gasteiger partial charge in [0.15, 0.2) is 6.61 Å². The molecular formula is C20H24N4O2S. The highest BCUT2D eigenvalue weighted by molar-refractivity contribution is 7.07. The van der Waals surface area contributed by atoms with Crippen molar-refractivity contribution in [1.29, 1.82) is 0 Å². The Kier molecular flexibility index (Phi) is 5.91. The van der Waals surface area contributed by atoms with Crippen LogP contribution >= 0.6 is 11.3 Å². The van der Waals surface area contributed by atoms with Crippen molar-refractivity contribution in [3.63, 3.8) is 0 Å². The average Bonchev–Trinajstić information content (AvgIpc) is 3.00. The molecule has 1 aromatic carbocycles. The van der Waals surface area contributed by atoms with Gasteiger partial charge in [0.05, 0.1) is 17.9 Å². The molecular weight excluding hydrogens is 360 g/mol. The molecule has 0 saturated carbocycles. The second-order valence-electron chi connectivity index (χ2n) is 6.83. The lowest BCUT2D eigenvalue weighted by atomic mass is 10.1. The van der Waals surface area contributed by atoms with Gasteiger partial charge < -0.3 is 10.1 Å². The van der Waals surface area contributed by atoms with Crippen molar-refractivity contribution >= 4 is 28.6 Å². The van der Waals surface area contributed by atoms with Crippen molar-refractivity contribution in [2.45, 2.75) is 27.2 Å². The number of ether oxygens (including phenoxy) is 1. The van der Waals surface area contributed by atoms with E-state index in [4.69, 9.17) is 9.84 Å². The van der Waals surface area contributed by atoms with E-state index in [9.17, 15) is 4.79 Å². The predicted octanol–water partition coefficient (Wildman–Crippen LogP) is 3.90. The zero-order chi connectivity index (χ0) is 19.4. The lowest BCUT2D eigenvalue weighted by Gasteiger charge is -2.18. The Morgan fingerprint density at radius 3 is 3.04 bits per heavy atom. The topological polar surface area (TPSA) is 68.0 Å². The van der Waals surface area contributed by atoms with Crippen LogP contribution in [-0.2, 0) is 4.79 Å². The maximum absolute atomic E-state index is 11.6. The minimum atomic E-state index is -0.148. The fourth-order valence-corrected chi connectivity index (χ4v) is 3.73. The minimum absolute atomic E-state index is 0.0497. The molecule has 1 aromatic heterocycles. The highest BCUT2D eigenvalue weighted by Gasteiger charge is 2.18. The molecule has 7 heteroatoms. The fourth-order valence-electron chi connectivity index (χ4n) is 2.89. The highest BCUT2D eigenvalue weighted by Crippen LogP contribution is 2.32. The van der Waals surface area contributed by atoms with Crippen LogP contribution in [0.3, 0.4) is 0 Å². The van der Waals surface area contributed by atoms with E-state index in [0.29, 0.717) is 23.9 Å². The van der Waals surface area contributed by atoms with Gasteiger partial charge in [0.2, 0.25) is 4.80 Å². The molecule has 0 fully saturated rings. The third-order valence-electron chi connectivity index (χ3n) is 3.92. The van der Waals surface area contributed by atoms with E-state index in [1.165, 1.54) is 11.3 Å². The number of benzene rings is 1. The van der Waals surface area contributed by atoms with Crippen molar-refractivity contribution in [1.82, 2.24) is 4.68 Å². The number of carbonyl (C=O) groups excluding carboxylic acids is 1. The number of nitrogens with zero attached hydrogens (tertiary/aromatic N) is 3. The van der Waals surface area contributed by atoms with Crippen molar-refractivity contribution in [3.05, 3.63) is 41.0 Å². The van der Waals surface area contributed by atoms with Crippen molar-refractivity contribution in [2.75, 3.05) is 18.5 Å². The van der Waals surface area contributed by atoms with Crippen LogP contribution in [0.5, 0.6) is 5.75 Å². The molecule has 0 aliphatic carbocycles. The number of hydrogen-bond acceptors (Lipinski definition) is 5. The summed E-state index contributed by atoms with van der Waals surface area (Å²) in [7, 11) is 0. The van der Waals surface area contributed by atoms with Gasteiger partial charge in [-0.15, -0.1) is 17.9 Å². The molecule has 0 atom stereocenters. The standard InChI is InChI=1S/C20H24N4O2S/c1-5-8-21-20-24(23-14(4)9-13(2)3)17(12-27-20)15-6-7-18-16(10-15)22-19(25)11-26-18/h5-7,10,12-13H,1,8-9,11H2,2-4H3,(H,22,25). The number of thiazole rings is 1. The van der Waals surface area contributed by atoms with Crippen LogP contribution in [-0.4, -0.2) is 29.4 Å². The molecule has 142 valence electrons. The van der Waals surface area contributed by atoms with Crippen LogP contribution in [0.15, 0.2) is 46.3 Å². The second-order valence-corrected chi connectivity index (χ2v) is 7.66. The molecule has 6 nitrogen and oxygen atoms in total. The molecule has 0 saturated heterocycles. The number of anilines is 1. The van der Waals surface area contributed by atoms with E-state index in [0.717, 1.165) is 28.2 Å². The number of hydrogen-bond donors (Lipinski definition) is 1. The predicted molar refractivity (Wildman–Crippen MR) is 110 cm³/mol. The zero-order valence-corrected chi connectivity index (χ0v) is 16.7. The largest absolute Gasteiger partial charge is 0.482 e. The maximum atomic E-state index is 11.6. The van der Waals surface area contributed by atoms with E-state index in [2.05, 4.69) is 30.7 Å². The van der Waals surface area contributed by atoms with E-state index in [1.54, 1.807) is 6.08 Å². The summed E-state index contributed by atoms with van der Waals surface area (Å²) < 4.78 is 7.32. The van der Waals surface area contributed by atoms with Gasteiger partial charge in [-0.05, 0) is 37.5 Å². The average molecular weight is 385 g/mol. The van der Waals surface area contributed by atoms with Crippen LogP contribution in [0.25, 0.3) is 11.3 Å². The Labute approximate surface area is 162 Å². The summed E-state index contributed by atoms with van der Waals surface area (Å²) in [6.07, 6.45) is 2.68. The SMILES string of the molecule is C=CCN=c1scc(-c2ccc3c(c2)NC(=O)CO3)n1N=C(C)CC(C)C. The quantitative estimate of drug-likeness (QED) is 0.606. The molecule has 27 heavy (non-hydrogen) atoms. The first kappa shape index (κ1) is 19.1. The van der Waals surface area contributed by atoms with Gasteiger partial charge in [-0.1, -0.05) is 19.9 Å². The molecule has 1 aliphatic heterocycles. The fraction of sp³-hybridized carbons (Fsp3) is 0.350. The summed E-state index contributed by atoms with van der Waals surface area (Å²) in [5.41, 5.74) is 3.58. The lowest BCUT2D eigenvalue weighted by Crippen LogP contribution is -2.25. The molecule has 1 amide bonds. The van der Waals surface area contributed by atoms with Crippen LogP contribution in [0.2, 0.25) is 0 Å². The summed E-state index contributed by atoms with van der Waals surface area (Å²) >= 11 is 1.53. The van der Waals surface area contributed by atoms with Gasteiger partial charge in [-0.25, -0.2) is 4.68 Å². The zero-order valence-electron chi connectivity index (χ0n) is 15.9. The van der Waals surface area contributed by atoms with Gasteiger partial charge >= 0.3 is 0 Å². The van der Waals surface area contributed by atoms with Gasteiger partial charge in [0.25, 0.3) is 5.91 Å². The maximum Gasteiger partial charge on any atom is 0.262 e. The van der Waals surface area contributed by atoms with Crippen LogP contribution < -0.4 is 14.9 Å². The van der Waals surface area contributed by atoms with Crippen LogP contribution in [0.1, 0.15) is 27.2 Å². The third kappa shape index (κ3) is 4.54. The molecule has 1 aliphatic rings. The lowest BCUT2D eigenvalue weighted by molar-refractivity contribution is -0.118. The second kappa shape index (κ2) is 8.35. The molecule has 1 N–H and O–H groups in total. The van der Waals surface area contributed by atoms with Crippen LogP contribution in [0.4, 0.5) is 5.69 Å². The van der Waals surface area contributed by atoms with E-state index in [1.807, 2.05) is 35.2 Å². The number of fused-ring (bicyclic) bond motifs is 1. The van der Waals surface area contributed by atoms with Gasteiger partial charge in [0.1, 0.15) is 5.75 Å². The summed E-state index contributed by atoms with van der Waals surface area (Å²) in [5.74, 6) is 1.06. The van der Waals surface area contributed by atoms with Crippen molar-refractivity contribution in [3.8, 4) is 17.0 Å². The molecule has 0 spiro atoms. The molecule has 0 unspecified atom stereocenters. The Morgan fingerprint density at radius 2 is 2.30 bits per heavy atom. The van der Waals surface area contributed by atoms with Crippen LogP contribution in [0, 0.1) is 5.92 Å².